The molecule has 1 heterocycles. The Hall–Kier alpha value is -1.36. The van der Waals surface area contributed by atoms with E-state index in [-0.39, 0.29) is 0 Å². The van der Waals surface area contributed by atoms with Crippen LogP contribution in [0.15, 0.2) is 18.3 Å². The van der Waals surface area contributed by atoms with Gasteiger partial charge in [0.1, 0.15) is 0 Å². The maximum atomic E-state index is 6.09. The fourth-order valence-electron chi connectivity index (χ4n) is 1.89. The fraction of sp³-hybridized carbons (Fsp3) is 0.417. The normalized spacial score (nSPS) is 12.9. The van der Waals surface area contributed by atoms with Crippen LogP contribution in [0.5, 0.6) is 0 Å². The van der Waals surface area contributed by atoms with Crippen molar-refractivity contribution in [2.75, 3.05) is 29.7 Å². The molecule has 3 N–H and O–H groups in total. The monoisotopic (exact) mass is 250 g/mol. The lowest BCUT2D eigenvalue weighted by Gasteiger charge is -2.27. The van der Waals surface area contributed by atoms with E-state index in [4.69, 9.17) is 5.73 Å². The SMILES string of the molecule is CSCC(C)N(C)c1cc2[nH]ncc2cc1N. The number of aromatic amines is 1. The lowest BCUT2D eigenvalue weighted by molar-refractivity contribution is 0.767. The van der Waals surface area contributed by atoms with Crippen LogP contribution in [-0.2, 0) is 0 Å². The van der Waals surface area contributed by atoms with Crippen LogP contribution >= 0.6 is 11.8 Å². The Balaban J connectivity index is 2.36. The van der Waals surface area contributed by atoms with E-state index < -0.39 is 0 Å². The highest BCUT2D eigenvalue weighted by Gasteiger charge is 2.13. The van der Waals surface area contributed by atoms with E-state index in [0.29, 0.717) is 6.04 Å². The Kier molecular flexibility index (Phi) is 3.47. The van der Waals surface area contributed by atoms with Crippen LogP contribution in [0.4, 0.5) is 11.4 Å². The zero-order chi connectivity index (χ0) is 12.4. The van der Waals surface area contributed by atoms with Gasteiger partial charge in [-0.05, 0) is 25.3 Å². The molecule has 92 valence electrons. The van der Waals surface area contributed by atoms with Crippen molar-refractivity contribution in [1.29, 1.82) is 0 Å². The molecule has 0 amide bonds. The summed E-state index contributed by atoms with van der Waals surface area (Å²) in [6, 6.07) is 4.48. The summed E-state index contributed by atoms with van der Waals surface area (Å²) in [5, 5.41) is 8.05. The average molecular weight is 250 g/mol. The first-order valence-electron chi connectivity index (χ1n) is 5.58. The Labute approximate surface area is 106 Å². The molecule has 0 aliphatic heterocycles. The molecule has 17 heavy (non-hydrogen) atoms. The number of hydrogen-bond donors (Lipinski definition) is 2. The molecule has 2 rings (SSSR count). The summed E-state index contributed by atoms with van der Waals surface area (Å²) in [7, 11) is 2.08. The Morgan fingerprint density at radius 3 is 3.00 bits per heavy atom. The topological polar surface area (TPSA) is 57.9 Å². The van der Waals surface area contributed by atoms with Crippen molar-refractivity contribution in [2.45, 2.75) is 13.0 Å². The molecule has 2 aromatic rings. The molecule has 0 spiro atoms. The molecule has 1 aromatic heterocycles. The van der Waals surface area contributed by atoms with Gasteiger partial charge in [0.15, 0.2) is 0 Å². The molecular weight excluding hydrogens is 232 g/mol. The van der Waals surface area contributed by atoms with Crippen LogP contribution in [0.2, 0.25) is 0 Å². The maximum Gasteiger partial charge on any atom is 0.0672 e. The minimum Gasteiger partial charge on any atom is -0.397 e. The molecule has 1 unspecified atom stereocenters. The Morgan fingerprint density at radius 2 is 2.29 bits per heavy atom. The second kappa shape index (κ2) is 4.87. The zero-order valence-corrected chi connectivity index (χ0v) is 11.2. The number of anilines is 2. The van der Waals surface area contributed by atoms with Crippen molar-refractivity contribution in [3.8, 4) is 0 Å². The van der Waals surface area contributed by atoms with Gasteiger partial charge in [0, 0.05) is 24.2 Å². The minimum atomic E-state index is 0.452. The maximum absolute atomic E-state index is 6.09. The number of nitrogens with two attached hydrogens (primary N) is 1. The molecule has 0 saturated carbocycles. The average Bonchev–Trinajstić information content (AvgIpc) is 2.74. The van der Waals surface area contributed by atoms with Gasteiger partial charge in [-0.15, -0.1) is 0 Å². The van der Waals surface area contributed by atoms with Crippen molar-refractivity contribution in [3.63, 3.8) is 0 Å². The lowest BCUT2D eigenvalue weighted by Crippen LogP contribution is -2.31. The molecule has 0 bridgehead atoms. The number of H-pyrrole nitrogens is 1. The van der Waals surface area contributed by atoms with E-state index in [0.717, 1.165) is 28.0 Å². The van der Waals surface area contributed by atoms with Crippen LogP contribution in [0.1, 0.15) is 6.92 Å². The largest absolute Gasteiger partial charge is 0.397 e. The van der Waals surface area contributed by atoms with E-state index in [1.165, 1.54) is 0 Å². The first-order chi connectivity index (χ1) is 8.13. The van der Waals surface area contributed by atoms with Gasteiger partial charge in [0.2, 0.25) is 0 Å². The molecule has 0 aliphatic rings. The second-order valence-electron chi connectivity index (χ2n) is 4.28. The highest BCUT2D eigenvalue weighted by molar-refractivity contribution is 7.98. The number of benzene rings is 1. The number of rotatable bonds is 4. The van der Waals surface area contributed by atoms with Crippen molar-refractivity contribution < 1.29 is 0 Å². The molecule has 0 radical (unpaired) electrons. The van der Waals surface area contributed by atoms with E-state index in [9.17, 15) is 0 Å². The molecule has 5 heteroatoms. The van der Waals surface area contributed by atoms with E-state index in [1.54, 1.807) is 6.20 Å². The number of nitrogen functional groups attached to an aromatic ring is 1. The first-order valence-corrected chi connectivity index (χ1v) is 6.97. The van der Waals surface area contributed by atoms with Crippen molar-refractivity contribution in [2.24, 2.45) is 0 Å². The molecule has 4 nitrogen and oxygen atoms in total. The minimum absolute atomic E-state index is 0.452. The van der Waals surface area contributed by atoms with Gasteiger partial charge in [-0.2, -0.15) is 16.9 Å². The summed E-state index contributed by atoms with van der Waals surface area (Å²) >= 11 is 1.84. The summed E-state index contributed by atoms with van der Waals surface area (Å²) < 4.78 is 0. The number of aromatic nitrogens is 2. The van der Waals surface area contributed by atoms with Crippen LogP contribution in [-0.4, -0.2) is 35.3 Å². The molecule has 0 fully saturated rings. The third-order valence-corrected chi connectivity index (χ3v) is 3.85. The smallest absolute Gasteiger partial charge is 0.0672 e. The van der Waals surface area contributed by atoms with Crippen molar-refractivity contribution in [3.05, 3.63) is 18.3 Å². The molecule has 0 saturated heterocycles. The van der Waals surface area contributed by atoms with Gasteiger partial charge in [-0.25, -0.2) is 0 Å². The van der Waals surface area contributed by atoms with Gasteiger partial charge in [-0.1, -0.05) is 0 Å². The molecule has 1 atom stereocenters. The third-order valence-electron chi connectivity index (χ3n) is 3.04. The number of fused-ring (bicyclic) bond motifs is 1. The van der Waals surface area contributed by atoms with Gasteiger partial charge >= 0.3 is 0 Å². The Morgan fingerprint density at radius 1 is 1.53 bits per heavy atom. The quantitative estimate of drug-likeness (QED) is 0.818. The van der Waals surface area contributed by atoms with Crippen LogP contribution in [0.3, 0.4) is 0 Å². The number of thioether (sulfide) groups is 1. The highest BCUT2D eigenvalue weighted by Crippen LogP contribution is 2.28. The third kappa shape index (κ3) is 2.34. The second-order valence-corrected chi connectivity index (χ2v) is 5.19. The highest BCUT2D eigenvalue weighted by atomic mass is 32.2. The summed E-state index contributed by atoms with van der Waals surface area (Å²) in [6.07, 6.45) is 3.91. The standard InChI is InChI=1S/C12H18N4S/c1-8(7-17-3)16(2)12-5-11-9(4-10(12)13)6-14-15-11/h4-6,8H,7,13H2,1-3H3,(H,14,15). The lowest BCUT2D eigenvalue weighted by atomic mass is 10.1. The van der Waals surface area contributed by atoms with E-state index in [1.807, 2.05) is 17.8 Å². The van der Waals surface area contributed by atoms with Gasteiger partial charge in [-0.3, -0.25) is 5.10 Å². The first kappa shape index (κ1) is 12.1. The van der Waals surface area contributed by atoms with Crippen LogP contribution in [0, 0.1) is 0 Å². The van der Waals surface area contributed by atoms with Crippen molar-refractivity contribution in [1.82, 2.24) is 10.2 Å². The molecule has 1 aromatic carbocycles. The molecular formula is C12H18N4S. The van der Waals surface area contributed by atoms with Gasteiger partial charge in [0.25, 0.3) is 0 Å². The fourth-order valence-corrected chi connectivity index (χ4v) is 2.60. The van der Waals surface area contributed by atoms with E-state index in [2.05, 4.69) is 41.4 Å². The number of nitrogens with one attached hydrogen (secondary N) is 1. The summed E-state index contributed by atoms with van der Waals surface area (Å²) in [4.78, 5) is 2.21. The number of hydrogen-bond acceptors (Lipinski definition) is 4. The summed E-state index contributed by atoms with van der Waals surface area (Å²) in [5.41, 5.74) is 8.97. The van der Waals surface area contributed by atoms with Crippen LogP contribution in [0.25, 0.3) is 10.9 Å². The summed E-state index contributed by atoms with van der Waals surface area (Å²) in [5.74, 6) is 1.08. The van der Waals surface area contributed by atoms with Crippen LogP contribution < -0.4 is 10.6 Å². The van der Waals surface area contributed by atoms with Gasteiger partial charge in [0.05, 0.1) is 23.1 Å². The zero-order valence-electron chi connectivity index (χ0n) is 10.4. The summed E-state index contributed by atoms with van der Waals surface area (Å²) in [6.45, 7) is 2.20. The van der Waals surface area contributed by atoms with E-state index >= 15 is 0 Å². The number of nitrogens with zero attached hydrogens (tertiary/aromatic N) is 2. The van der Waals surface area contributed by atoms with Crippen molar-refractivity contribution >= 4 is 34.0 Å². The molecule has 0 aliphatic carbocycles. The predicted molar refractivity (Wildman–Crippen MR) is 76.8 cm³/mol. The Bertz CT molecular complexity index is 508. The van der Waals surface area contributed by atoms with Gasteiger partial charge < -0.3 is 10.6 Å². The predicted octanol–water partition coefficient (Wildman–Crippen LogP) is 2.33.